The van der Waals surface area contributed by atoms with E-state index in [0.717, 1.165) is 11.3 Å². The van der Waals surface area contributed by atoms with Gasteiger partial charge in [-0.3, -0.25) is 4.90 Å². The molecular formula is C19H21ClN2O3. The van der Waals surface area contributed by atoms with Gasteiger partial charge in [-0.15, -0.1) is 0 Å². The molecule has 1 aliphatic rings. The highest BCUT2D eigenvalue weighted by molar-refractivity contribution is 6.31. The predicted molar refractivity (Wildman–Crippen MR) is 98.1 cm³/mol. The number of phenolic OH excluding ortho intramolecular Hbond substituents is 1. The number of methoxy groups -OCH3 is 1. The Labute approximate surface area is 152 Å². The van der Waals surface area contributed by atoms with Gasteiger partial charge in [0.15, 0.2) is 0 Å². The number of hydrogen-bond donors (Lipinski definition) is 1. The summed E-state index contributed by atoms with van der Waals surface area (Å²) < 4.78 is 5.01. The third kappa shape index (κ3) is 3.72. The van der Waals surface area contributed by atoms with Crippen molar-refractivity contribution in [3.63, 3.8) is 0 Å². The molecule has 1 fully saturated rings. The molecule has 3 rings (SSSR count). The standard InChI is InChI=1S/C19H21ClN2O3/c1-25-19(24)18(14-6-2-3-7-15(14)20)22-12-10-21(11-13-22)16-8-4-5-9-17(16)23/h2-9,18,23H,10-13H2,1H3/t18-/m1/s1. The van der Waals surface area contributed by atoms with Crippen molar-refractivity contribution in [2.45, 2.75) is 6.04 Å². The van der Waals surface area contributed by atoms with Gasteiger partial charge in [0.05, 0.1) is 12.8 Å². The average molecular weight is 361 g/mol. The number of para-hydroxylation sites is 2. The lowest BCUT2D eigenvalue weighted by Crippen LogP contribution is -2.49. The van der Waals surface area contributed by atoms with Crippen LogP contribution in [0.2, 0.25) is 5.02 Å². The van der Waals surface area contributed by atoms with Gasteiger partial charge in [-0.25, -0.2) is 4.79 Å². The third-order valence-electron chi connectivity index (χ3n) is 4.53. The Hall–Kier alpha value is -2.24. The maximum Gasteiger partial charge on any atom is 0.327 e. The first-order chi connectivity index (χ1) is 12.1. The van der Waals surface area contributed by atoms with Crippen molar-refractivity contribution in [1.82, 2.24) is 4.90 Å². The molecule has 0 aromatic heterocycles. The summed E-state index contributed by atoms with van der Waals surface area (Å²) in [5.74, 6) is -0.0457. The molecule has 0 aliphatic carbocycles. The van der Waals surface area contributed by atoms with Crippen LogP contribution in [0, 0.1) is 0 Å². The summed E-state index contributed by atoms with van der Waals surface area (Å²) in [6.45, 7) is 2.74. The zero-order chi connectivity index (χ0) is 17.8. The number of anilines is 1. The van der Waals surface area contributed by atoms with Gasteiger partial charge >= 0.3 is 5.97 Å². The lowest BCUT2D eigenvalue weighted by Gasteiger charge is -2.39. The molecule has 0 radical (unpaired) electrons. The molecule has 2 aromatic rings. The Balaban J connectivity index is 1.78. The number of aromatic hydroxyl groups is 1. The molecule has 0 spiro atoms. The summed E-state index contributed by atoms with van der Waals surface area (Å²) in [4.78, 5) is 16.6. The Morgan fingerprint density at radius 1 is 1.08 bits per heavy atom. The van der Waals surface area contributed by atoms with Crippen molar-refractivity contribution in [3.05, 3.63) is 59.1 Å². The molecular weight excluding hydrogens is 340 g/mol. The van der Waals surface area contributed by atoms with Crippen LogP contribution in [-0.4, -0.2) is 49.3 Å². The largest absolute Gasteiger partial charge is 0.506 e. The molecule has 0 unspecified atom stereocenters. The van der Waals surface area contributed by atoms with Crippen molar-refractivity contribution < 1.29 is 14.6 Å². The summed E-state index contributed by atoms with van der Waals surface area (Å²) in [6.07, 6.45) is 0. The van der Waals surface area contributed by atoms with E-state index >= 15 is 0 Å². The van der Waals surface area contributed by atoms with Gasteiger partial charge in [-0.05, 0) is 23.8 Å². The Bertz CT molecular complexity index is 745. The molecule has 0 amide bonds. The number of rotatable bonds is 4. The van der Waals surface area contributed by atoms with E-state index in [4.69, 9.17) is 16.3 Å². The summed E-state index contributed by atoms with van der Waals surface area (Å²) in [7, 11) is 1.39. The van der Waals surface area contributed by atoms with Crippen molar-refractivity contribution in [3.8, 4) is 5.75 Å². The SMILES string of the molecule is COC(=O)[C@@H](c1ccccc1Cl)N1CCN(c2ccccc2O)CC1. The van der Waals surface area contributed by atoms with Gasteiger partial charge in [-0.1, -0.05) is 41.9 Å². The van der Waals surface area contributed by atoms with E-state index in [1.807, 2.05) is 30.3 Å². The van der Waals surface area contributed by atoms with Gasteiger partial charge in [-0.2, -0.15) is 0 Å². The zero-order valence-electron chi connectivity index (χ0n) is 14.1. The van der Waals surface area contributed by atoms with Crippen molar-refractivity contribution >= 4 is 23.3 Å². The maximum absolute atomic E-state index is 12.4. The number of ether oxygens (including phenoxy) is 1. The van der Waals surface area contributed by atoms with Gasteiger partial charge in [0.2, 0.25) is 0 Å². The minimum atomic E-state index is -0.523. The predicted octanol–water partition coefficient (Wildman–Crippen LogP) is 3.08. The van der Waals surface area contributed by atoms with Gasteiger partial charge in [0.25, 0.3) is 0 Å². The van der Waals surface area contributed by atoms with Crippen LogP contribution in [0.3, 0.4) is 0 Å². The number of benzene rings is 2. The smallest absolute Gasteiger partial charge is 0.327 e. The zero-order valence-corrected chi connectivity index (χ0v) is 14.8. The molecule has 25 heavy (non-hydrogen) atoms. The second-order valence-corrected chi connectivity index (χ2v) is 6.37. The molecule has 2 aromatic carbocycles. The number of nitrogens with zero attached hydrogens (tertiary/aromatic N) is 2. The van der Waals surface area contributed by atoms with E-state index < -0.39 is 6.04 Å². The molecule has 1 atom stereocenters. The minimum absolute atomic E-state index is 0.270. The number of hydrogen-bond acceptors (Lipinski definition) is 5. The summed E-state index contributed by atoms with van der Waals surface area (Å²) in [5.41, 5.74) is 1.57. The van der Waals surface area contributed by atoms with Crippen LogP contribution in [0.1, 0.15) is 11.6 Å². The highest BCUT2D eigenvalue weighted by Crippen LogP contribution is 2.32. The van der Waals surface area contributed by atoms with E-state index in [1.165, 1.54) is 7.11 Å². The number of carbonyl (C=O) groups is 1. The van der Waals surface area contributed by atoms with Crippen LogP contribution in [0.4, 0.5) is 5.69 Å². The third-order valence-corrected chi connectivity index (χ3v) is 4.87. The minimum Gasteiger partial charge on any atom is -0.506 e. The summed E-state index contributed by atoms with van der Waals surface area (Å²) in [6, 6.07) is 14.1. The average Bonchev–Trinajstić information content (AvgIpc) is 2.64. The molecule has 1 heterocycles. The maximum atomic E-state index is 12.4. The van der Waals surface area contributed by atoms with Crippen LogP contribution in [0.25, 0.3) is 0 Å². The van der Waals surface area contributed by atoms with Crippen LogP contribution >= 0.6 is 11.6 Å². The second-order valence-electron chi connectivity index (χ2n) is 5.96. The fourth-order valence-corrected chi connectivity index (χ4v) is 3.47. The number of carbonyl (C=O) groups excluding carboxylic acids is 1. The van der Waals surface area contributed by atoms with Crippen LogP contribution < -0.4 is 4.90 Å². The van der Waals surface area contributed by atoms with E-state index in [0.29, 0.717) is 31.2 Å². The highest BCUT2D eigenvalue weighted by atomic mass is 35.5. The lowest BCUT2D eigenvalue weighted by molar-refractivity contribution is -0.147. The Kier molecular flexibility index (Phi) is 5.46. The number of piperazine rings is 1. The second kappa shape index (κ2) is 7.76. The van der Waals surface area contributed by atoms with Crippen molar-refractivity contribution in [2.24, 2.45) is 0 Å². The van der Waals surface area contributed by atoms with E-state index in [1.54, 1.807) is 18.2 Å². The lowest BCUT2D eigenvalue weighted by atomic mass is 10.0. The topological polar surface area (TPSA) is 53.0 Å². The fourth-order valence-electron chi connectivity index (χ4n) is 3.23. The van der Waals surface area contributed by atoms with Gasteiger partial charge < -0.3 is 14.7 Å². The first-order valence-corrected chi connectivity index (χ1v) is 8.59. The number of esters is 1. The van der Waals surface area contributed by atoms with Crippen molar-refractivity contribution in [1.29, 1.82) is 0 Å². The molecule has 5 nitrogen and oxygen atoms in total. The summed E-state index contributed by atoms with van der Waals surface area (Å²) in [5, 5.41) is 10.6. The normalized spacial score (nSPS) is 16.5. The van der Waals surface area contributed by atoms with Gasteiger partial charge in [0, 0.05) is 31.2 Å². The molecule has 1 N–H and O–H groups in total. The first-order valence-electron chi connectivity index (χ1n) is 8.21. The monoisotopic (exact) mass is 360 g/mol. The van der Waals surface area contributed by atoms with E-state index in [9.17, 15) is 9.90 Å². The van der Waals surface area contributed by atoms with Crippen molar-refractivity contribution in [2.75, 3.05) is 38.2 Å². The molecule has 132 valence electrons. The van der Waals surface area contributed by atoms with Crippen LogP contribution in [-0.2, 0) is 9.53 Å². The highest BCUT2D eigenvalue weighted by Gasteiger charge is 2.32. The molecule has 0 saturated carbocycles. The van der Waals surface area contributed by atoms with Gasteiger partial charge in [0.1, 0.15) is 11.8 Å². The van der Waals surface area contributed by atoms with E-state index in [-0.39, 0.29) is 11.7 Å². The number of phenols is 1. The molecule has 0 bridgehead atoms. The van der Waals surface area contributed by atoms with Crippen LogP contribution in [0.5, 0.6) is 5.75 Å². The number of halogens is 1. The fraction of sp³-hybridized carbons (Fsp3) is 0.316. The molecule has 6 heteroatoms. The molecule has 1 aliphatic heterocycles. The Morgan fingerprint density at radius 3 is 2.36 bits per heavy atom. The Morgan fingerprint density at radius 2 is 1.72 bits per heavy atom. The van der Waals surface area contributed by atoms with Crippen LogP contribution in [0.15, 0.2) is 48.5 Å². The quantitative estimate of drug-likeness (QED) is 0.849. The molecule has 1 saturated heterocycles. The summed E-state index contributed by atoms with van der Waals surface area (Å²) >= 11 is 6.31. The van der Waals surface area contributed by atoms with E-state index in [2.05, 4.69) is 9.80 Å². The first kappa shape index (κ1) is 17.6.